The summed E-state index contributed by atoms with van der Waals surface area (Å²) in [5, 5.41) is 0. The monoisotopic (exact) mass is 317 g/mol. The van der Waals surface area contributed by atoms with Gasteiger partial charge in [0.25, 0.3) is 0 Å². The molecule has 1 unspecified atom stereocenters. The van der Waals surface area contributed by atoms with Gasteiger partial charge in [0.1, 0.15) is 5.92 Å². The molecule has 2 aliphatic rings. The van der Waals surface area contributed by atoms with Crippen LogP contribution in [0, 0.1) is 5.92 Å². The minimum atomic E-state index is -1.09. The van der Waals surface area contributed by atoms with Crippen molar-refractivity contribution < 1.29 is 14.4 Å². The van der Waals surface area contributed by atoms with E-state index in [2.05, 4.69) is 15.9 Å². The van der Waals surface area contributed by atoms with Gasteiger partial charge in [-0.2, -0.15) is 0 Å². The molecule has 3 rings (SSSR count). The van der Waals surface area contributed by atoms with Gasteiger partial charge in [-0.05, 0) is 22.0 Å². The fraction of sp³-hybridized carbons (Fsp3) is 0.0714. The zero-order valence-corrected chi connectivity index (χ0v) is 11.2. The Balaban J connectivity index is 2.33. The molecule has 0 radical (unpaired) electrons. The molecule has 0 bridgehead atoms. The second-order valence-electron chi connectivity index (χ2n) is 4.39. The number of allylic oxidation sites excluding steroid dienone is 3. The first-order chi connectivity index (χ1) is 9.02. The molecule has 5 heteroatoms. The molecule has 0 aliphatic heterocycles. The summed E-state index contributed by atoms with van der Waals surface area (Å²) >= 11 is 3.14. The maximum Gasteiger partial charge on any atom is 0.193 e. The lowest BCUT2D eigenvalue weighted by atomic mass is 9.73. The third-order valence-electron chi connectivity index (χ3n) is 3.33. The summed E-state index contributed by atoms with van der Waals surface area (Å²) in [6.45, 7) is 0. The van der Waals surface area contributed by atoms with Crippen LogP contribution in [0.5, 0.6) is 0 Å². The normalized spacial score (nSPS) is 22.1. The highest BCUT2D eigenvalue weighted by molar-refractivity contribution is 9.12. The van der Waals surface area contributed by atoms with E-state index in [1.165, 1.54) is 6.08 Å². The van der Waals surface area contributed by atoms with Crippen LogP contribution in [-0.2, 0) is 4.79 Å². The lowest BCUT2D eigenvalue weighted by molar-refractivity contribution is -0.116. The van der Waals surface area contributed by atoms with Crippen LogP contribution < -0.4 is 5.73 Å². The largest absolute Gasteiger partial charge is 0.397 e. The van der Waals surface area contributed by atoms with Crippen LogP contribution >= 0.6 is 15.9 Å². The number of fused-ring (bicyclic) bond motifs is 2. The third kappa shape index (κ3) is 1.55. The summed E-state index contributed by atoms with van der Waals surface area (Å²) < 4.78 is 0.351. The fourth-order valence-electron chi connectivity index (χ4n) is 2.42. The SMILES string of the molecule is NC1=C2C(=O)c3ccccc3C(=O)C2C(=O)C=C1Br. The molecule has 1 aromatic carbocycles. The smallest absolute Gasteiger partial charge is 0.193 e. The van der Waals surface area contributed by atoms with Crippen molar-refractivity contribution in [3.8, 4) is 0 Å². The van der Waals surface area contributed by atoms with E-state index in [0.717, 1.165) is 0 Å². The first-order valence-electron chi connectivity index (χ1n) is 5.61. The molecule has 2 aliphatic carbocycles. The van der Waals surface area contributed by atoms with Gasteiger partial charge in [0.15, 0.2) is 17.3 Å². The Morgan fingerprint density at radius 1 is 1.05 bits per heavy atom. The summed E-state index contributed by atoms with van der Waals surface area (Å²) in [5.41, 5.74) is 6.68. The van der Waals surface area contributed by atoms with Crippen LogP contribution in [0.25, 0.3) is 0 Å². The molecule has 0 fully saturated rings. The number of rotatable bonds is 0. The van der Waals surface area contributed by atoms with E-state index in [9.17, 15) is 14.4 Å². The van der Waals surface area contributed by atoms with Crippen molar-refractivity contribution in [1.29, 1.82) is 0 Å². The highest BCUT2D eigenvalue weighted by Crippen LogP contribution is 2.37. The summed E-state index contributed by atoms with van der Waals surface area (Å²) in [7, 11) is 0. The molecule has 0 amide bonds. The lowest BCUT2D eigenvalue weighted by Crippen LogP contribution is -2.38. The molecular weight excluding hydrogens is 310 g/mol. The molecule has 0 heterocycles. The van der Waals surface area contributed by atoms with E-state index < -0.39 is 11.7 Å². The van der Waals surface area contributed by atoms with Crippen molar-refractivity contribution in [1.82, 2.24) is 0 Å². The molecule has 4 nitrogen and oxygen atoms in total. The molecule has 94 valence electrons. The third-order valence-corrected chi connectivity index (χ3v) is 3.99. The number of Topliss-reactive ketones (excluding diaryl/α,β-unsaturated/α-hetero) is 2. The number of ketones is 3. The number of nitrogens with two attached hydrogens (primary N) is 1. The Morgan fingerprint density at radius 3 is 2.37 bits per heavy atom. The molecule has 1 aromatic rings. The zero-order valence-electron chi connectivity index (χ0n) is 9.64. The predicted octanol–water partition coefficient (Wildman–Crippen LogP) is 1.76. The van der Waals surface area contributed by atoms with Crippen LogP contribution in [0.2, 0.25) is 0 Å². The number of benzene rings is 1. The summed E-state index contributed by atoms with van der Waals surface area (Å²) in [6, 6.07) is 6.48. The van der Waals surface area contributed by atoms with Gasteiger partial charge in [0.2, 0.25) is 0 Å². The van der Waals surface area contributed by atoms with Crippen LogP contribution in [0.4, 0.5) is 0 Å². The maximum absolute atomic E-state index is 12.4. The summed E-state index contributed by atoms with van der Waals surface area (Å²) in [6.07, 6.45) is 1.25. The second kappa shape index (κ2) is 3.99. The topological polar surface area (TPSA) is 77.2 Å². The van der Waals surface area contributed by atoms with Gasteiger partial charge in [0.05, 0.1) is 5.70 Å². The number of halogens is 1. The van der Waals surface area contributed by atoms with Crippen LogP contribution in [0.3, 0.4) is 0 Å². The highest BCUT2D eigenvalue weighted by atomic mass is 79.9. The Hall–Kier alpha value is -2.01. The van der Waals surface area contributed by atoms with Gasteiger partial charge in [0, 0.05) is 21.2 Å². The number of carbonyl (C=O) groups excluding carboxylic acids is 3. The molecule has 0 saturated carbocycles. The highest BCUT2D eigenvalue weighted by Gasteiger charge is 2.44. The number of carbonyl (C=O) groups is 3. The summed E-state index contributed by atoms with van der Waals surface area (Å²) in [4.78, 5) is 36.7. The summed E-state index contributed by atoms with van der Waals surface area (Å²) in [5.74, 6) is -2.22. The molecule has 19 heavy (non-hydrogen) atoms. The minimum Gasteiger partial charge on any atom is -0.397 e. The Morgan fingerprint density at radius 2 is 1.68 bits per heavy atom. The predicted molar refractivity (Wildman–Crippen MR) is 71.8 cm³/mol. The van der Waals surface area contributed by atoms with E-state index in [4.69, 9.17) is 5.73 Å². The van der Waals surface area contributed by atoms with E-state index in [0.29, 0.717) is 10.0 Å². The first-order valence-corrected chi connectivity index (χ1v) is 6.40. The van der Waals surface area contributed by atoms with Crippen molar-refractivity contribution in [2.24, 2.45) is 11.7 Å². The average Bonchev–Trinajstić information content (AvgIpc) is 2.40. The Bertz CT molecular complexity index is 715. The average molecular weight is 318 g/mol. The standard InChI is InChI=1S/C14H8BrNO3/c15-8-5-9(17)10-11(12(8)16)14(19)7-4-2-1-3-6(7)13(10)18/h1-5,10H,16H2. The Kier molecular flexibility index (Phi) is 2.53. The van der Waals surface area contributed by atoms with Gasteiger partial charge >= 0.3 is 0 Å². The van der Waals surface area contributed by atoms with Crippen molar-refractivity contribution in [3.63, 3.8) is 0 Å². The van der Waals surface area contributed by atoms with Gasteiger partial charge < -0.3 is 5.73 Å². The van der Waals surface area contributed by atoms with E-state index in [1.807, 2.05) is 0 Å². The quantitative estimate of drug-likeness (QED) is 0.740. The molecule has 0 spiro atoms. The Labute approximate surface area is 117 Å². The number of hydrogen-bond acceptors (Lipinski definition) is 4. The van der Waals surface area contributed by atoms with Crippen molar-refractivity contribution in [2.75, 3.05) is 0 Å². The molecule has 0 aromatic heterocycles. The van der Waals surface area contributed by atoms with Crippen molar-refractivity contribution in [3.05, 3.63) is 57.2 Å². The van der Waals surface area contributed by atoms with E-state index in [-0.39, 0.29) is 28.4 Å². The van der Waals surface area contributed by atoms with E-state index in [1.54, 1.807) is 24.3 Å². The lowest BCUT2D eigenvalue weighted by Gasteiger charge is -2.27. The molecule has 2 N–H and O–H groups in total. The van der Waals surface area contributed by atoms with Crippen molar-refractivity contribution >= 4 is 33.3 Å². The van der Waals surface area contributed by atoms with Gasteiger partial charge in [-0.15, -0.1) is 0 Å². The fourth-order valence-corrected chi connectivity index (χ4v) is 2.86. The second-order valence-corrected chi connectivity index (χ2v) is 5.25. The minimum absolute atomic E-state index is 0.0862. The van der Waals surface area contributed by atoms with Crippen LogP contribution in [0.15, 0.2) is 46.1 Å². The van der Waals surface area contributed by atoms with Crippen molar-refractivity contribution in [2.45, 2.75) is 0 Å². The zero-order chi connectivity index (χ0) is 13.7. The molecule has 0 saturated heterocycles. The van der Waals surface area contributed by atoms with Crippen LogP contribution in [0.1, 0.15) is 20.7 Å². The van der Waals surface area contributed by atoms with Gasteiger partial charge in [-0.3, -0.25) is 14.4 Å². The maximum atomic E-state index is 12.4. The molecule has 1 atom stereocenters. The first kappa shape index (κ1) is 12.0. The number of hydrogen-bond donors (Lipinski definition) is 1. The van der Waals surface area contributed by atoms with Gasteiger partial charge in [-0.25, -0.2) is 0 Å². The van der Waals surface area contributed by atoms with Gasteiger partial charge in [-0.1, -0.05) is 24.3 Å². The van der Waals surface area contributed by atoms with Crippen LogP contribution in [-0.4, -0.2) is 17.3 Å². The molecular formula is C14H8BrNO3. The van der Waals surface area contributed by atoms with E-state index >= 15 is 0 Å².